The quantitative estimate of drug-likeness (QED) is 0.795. The minimum absolute atomic E-state index is 0.0402. The van der Waals surface area contributed by atoms with Gasteiger partial charge < -0.3 is 19.5 Å². The van der Waals surface area contributed by atoms with E-state index in [0.717, 1.165) is 0 Å². The van der Waals surface area contributed by atoms with Crippen LogP contribution in [0.4, 0.5) is 4.79 Å². The third kappa shape index (κ3) is 3.11. The van der Waals surface area contributed by atoms with Gasteiger partial charge >= 0.3 is 6.09 Å². The summed E-state index contributed by atoms with van der Waals surface area (Å²) in [5.41, 5.74) is -0.857. The summed E-state index contributed by atoms with van der Waals surface area (Å²) in [7, 11) is 0. The lowest BCUT2D eigenvalue weighted by atomic mass is 9.89. The van der Waals surface area contributed by atoms with Crippen molar-refractivity contribution in [3.63, 3.8) is 0 Å². The smallest absolute Gasteiger partial charge is 0.410 e. The molecule has 124 valence electrons. The van der Waals surface area contributed by atoms with Gasteiger partial charge in [-0.05, 0) is 39.0 Å². The fraction of sp³-hybridized carbons (Fsp3) is 0.529. The van der Waals surface area contributed by atoms with Crippen LogP contribution in [0.1, 0.15) is 44.0 Å². The molecule has 2 heterocycles. The number of likely N-dealkylation sites (tertiary alicyclic amines) is 1. The van der Waals surface area contributed by atoms with Gasteiger partial charge in [0.25, 0.3) is 0 Å². The van der Waals surface area contributed by atoms with Crippen molar-refractivity contribution in [2.75, 3.05) is 13.1 Å². The van der Waals surface area contributed by atoms with Crippen LogP contribution in [0.25, 0.3) is 0 Å². The number of phenols is 1. The molecule has 0 radical (unpaired) electrons. The Balaban J connectivity index is 1.77. The number of ketones is 1. The highest BCUT2D eigenvalue weighted by Crippen LogP contribution is 2.40. The molecule has 6 nitrogen and oxygen atoms in total. The Morgan fingerprint density at radius 3 is 2.83 bits per heavy atom. The number of nitrogens with zero attached hydrogens (tertiary/aromatic N) is 1. The first-order chi connectivity index (χ1) is 10.7. The Hall–Kier alpha value is -2.24. The molecule has 1 aromatic rings. The van der Waals surface area contributed by atoms with Crippen LogP contribution in [0.5, 0.6) is 11.5 Å². The van der Waals surface area contributed by atoms with Crippen molar-refractivity contribution < 1.29 is 24.2 Å². The van der Waals surface area contributed by atoms with Crippen LogP contribution in [0, 0.1) is 0 Å². The monoisotopic (exact) mass is 319 g/mol. The molecule has 1 saturated heterocycles. The fourth-order valence-electron chi connectivity index (χ4n) is 3.04. The molecule has 1 atom stereocenters. The van der Waals surface area contributed by atoms with E-state index in [1.807, 2.05) is 20.8 Å². The highest BCUT2D eigenvalue weighted by Gasteiger charge is 2.47. The SMILES string of the molecule is CC(C)(C)OC(=O)N1CC[C@]2(CC(=O)c3cc(O)ccc3O2)C1. The van der Waals surface area contributed by atoms with E-state index in [4.69, 9.17) is 9.47 Å². The molecule has 1 N–H and O–H groups in total. The predicted octanol–water partition coefficient (Wildman–Crippen LogP) is 2.74. The molecule has 0 unspecified atom stereocenters. The van der Waals surface area contributed by atoms with Crippen LogP contribution in [-0.4, -0.2) is 46.2 Å². The first-order valence-corrected chi connectivity index (χ1v) is 7.71. The average molecular weight is 319 g/mol. The number of phenolic OH excluding ortho intramolecular Hbond substituents is 1. The van der Waals surface area contributed by atoms with Gasteiger partial charge in [0.15, 0.2) is 5.78 Å². The molecule has 0 aliphatic carbocycles. The summed E-state index contributed by atoms with van der Waals surface area (Å²) in [4.78, 5) is 26.2. The Labute approximate surface area is 135 Å². The molecule has 0 saturated carbocycles. The first-order valence-electron chi connectivity index (χ1n) is 7.71. The maximum atomic E-state index is 12.4. The van der Waals surface area contributed by atoms with Gasteiger partial charge in [-0.15, -0.1) is 0 Å². The number of hydrogen-bond donors (Lipinski definition) is 1. The van der Waals surface area contributed by atoms with Gasteiger partial charge in [-0.1, -0.05) is 0 Å². The van der Waals surface area contributed by atoms with Gasteiger partial charge in [0.05, 0.1) is 18.5 Å². The highest BCUT2D eigenvalue weighted by molar-refractivity contribution is 6.00. The van der Waals surface area contributed by atoms with Gasteiger partial charge in [-0.3, -0.25) is 4.79 Å². The maximum absolute atomic E-state index is 12.4. The minimum atomic E-state index is -0.696. The summed E-state index contributed by atoms with van der Waals surface area (Å²) in [6, 6.07) is 4.51. The van der Waals surface area contributed by atoms with Gasteiger partial charge in [0.1, 0.15) is 22.7 Å². The Morgan fingerprint density at radius 2 is 2.13 bits per heavy atom. The van der Waals surface area contributed by atoms with Crippen molar-refractivity contribution >= 4 is 11.9 Å². The zero-order valence-electron chi connectivity index (χ0n) is 13.6. The van der Waals surface area contributed by atoms with Crippen LogP contribution < -0.4 is 4.74 Å². The van der Waals surface area contributed by atoms with Crippen molar-refractivity contribution in [2.24, 2.45) is 0 Å². The van der Waals surface area contributed by atoms with Crippen LogP contribution in [0.2, 0.25) is 0 Å². The topological polar surface area (TPSA) is 76.1 Å². The lowest BCUT2D eigenvalue weighted by Gasteiger charge is -2.34. The van der Waals surface area contributed by atoms with Crippen molar-refractivity contribution in [1.82, 2.24) is 4.90 Å². The van der Waals surface area contributed by atoms with Crippen molar-refractivity contribution in [3.8, 4) is 11.5 Å². The van der Waals surface area contributed by atoms with E-state index in [1.165, 1.54) is 12.1 Å². The van der Waals surface area contributed by atoms with Crippen LogP contribution in [0.15, 0.2) is 18.2 Å². The van der Waals surface area contributed by atoms with Crippen molar-refractivity contribution in [1.29, 1.82) is 0 Å². The number of Topliss-reactive ketones (excluding diaryl/α,β-unsaturated/α-hetero) is 1. The summed E-state index contributed by atoms with van der Waals surface area (Å²) < 4.78 is 11.4. The lowest BCUT2D eigenvalue weighted by molar-refractivity contribution is 0.0171. The number of ether oxygens (including phenoxy) is 2. The normalized spacial score (nSPS) is 23.6. The van der Waals surface area contributed by atoms with Gasteiger partial charge in [-0.2, -0.15) is 0 Å². The van der Waals surface area contributed by atoms with E-state index in [0.29, 0.717) is 30.8 Å². The Kier molecular flexibility index (Phi) is 3.50. The largest absolute Gasteiger partial charge is 0.508 e. The van der Waals surface area contributed by atoms with E-state index in [1.54, 1.807) is 11.0 Å². The molecule has 0 bridgehead atoms. The number of rotatable bonds is 0. The molecule has 0 aromatic heterocycles. The second-order valence-electron chi connectivity index (χ2n) is 7.22. The number of carbonyl (C=O) groups excluding carboxylic acids is 2. The average Bonchev–Trinajstić information content (AvgIpc) is 2.82. The van der Waals surface area contributed by atoms with Gasteiger partial charge in [-0.25, -0.2) is 4.79 Å². The minimum Gasteiger partial charge on any atom is -0.508 e. The number of fused-ring (bicyclic) bond motifs is 1. The lowest BCUT2D eigenvalue weighted by Crippen LogP contribution is -2.46. The molecular weight excluding hydrogens is 298 g/mol. The molecule has 1 aromatic carbocycles. The summed E-state index contributed by atoms with van der Waals surface area (Å²) in [5.74, 6) is 0.428. The third-order valence-corrected chi connectivity index (χ3v) is 4.04. The predicted molar refractivity (Wildman–Crippen MR) is 82.8 cm³/mol. The number of aromatic hydroxyl groups is 1. The van der Waals surface area contributed by atoms with Crippen LogP contribution >= 0.6 is 0 Å². The third-order valence-electron chi connectivity index (χ3n) is 4.04. The summed E-state index contributed by atoms with van der Waals surface area (Å²) in [5, 5.41) is 9.51. The van der Waals surface area contributed by atoms with Crippen LogP contribution in [0.3, 0.4) is 0 Å². The summed E-state index contributed by atoms with van der Waals surface area (Å²) in [6.45, 7) is 6.28. The van der Waals surface area contributed by atoms with Crippen molar-refractivity contribution in [2.45, 2.75) is 44.8 Å². The van der Waals surface area contributed by atoms with Gasteiger partial charge in [0.2, 0.25) is 0 Å². The zero-order chi connectivity index (χ0) is 16.8. The second-order valence-corrected chi connectivity index (χ2v) is 7.22. The van der Waals surface area contributed by atoms with Gasteiger partial charge in [0, 0.05) is 13.0 Å². The summed E-state index contributed by atoms with van der Waals surface area (Å²) >= 11 is 0. The Bertz CT molecular complexity index is 663. The van der Waals surface area contributed by atoms with Crippen molar-refractivity contribution in [3.05, 3.63) is 23.8 Å². The molecule has 6 heteroatoms. The number of amides is 1. The fourth-order valence-corrected chi connectivity index (χ4v) is 3.04. The molecule has 3 rings (SSSR count). The van der Waals surface area contributed by atoms with E-state index >= 15 is 0 Å². The maximum Gasteiger partial charge on any atom is 0.410 e. The molecule has 1 spiro atoms. The Morgan fingerprint density at radius 1 is 1.39 bits per heavy atom. The van der Waals surface area contributed by atoms with E-state index < -0.39 is 11.2 Å². The molecule has 1 amide bonds. The summed E-state index contributed by atoms with van der Waals surface area (Å²) in [6.07, 6.45) is 0.392. The number of hydrogen-bond acceptors (Lipinski definition) is 5. The number of benzene rings is 1. The van der Waals surface area contributed by atoms with E-state index in [9.17, 15) is 14.7 Å². The second kappa shape index (κ2) is 5.15. The zero-order valence-corrected chi connectivity index (χ0v) is 13.6. The molecule has 2 aliphatic heterocycles. The molecule has 23 heavy (non-hydrogen) atoms. The van der Waals surface area contributed by atoms with Crippen LogP contribution in [-0.2, 0) is 4.74 Å². The van der Waals surface area contributed by atoms with E-state index in [-0.39, 0.29) is 24.0 Å². The highest BCUT2D eigenvalue weighted by atomic mass is 16.6. The molecule has 2 aliphatic rings. The number of carbonyl (C=O) groups is 2. The molecular formula is C17H21NO5. The standard InChI is InChI=1S/C17H21NO5/c1-16(2,3)23-15(21)18-7-6-17(10-18)9-13(20)12-8-11(19)4-5-14(12)22-17/h4-5,8,19H,6-7,9-10H2,1-3H3/t17-/m0/s1. The molecule has 1 fully saturated rings. The first kappa shape index (κ1) is 15.6. The van der Waals surface area contributed by atoms with E-state index in [2.05, 4.69) is 0 Å².